The van der Waals surface area contributed by atoms with Gasteiger partial charge >= 0.3 is 19.5 Å². The van der Waals surface area contributed by atoms with Gasteiger partial charge in [-0.15, -0.1) is 12.1 Å². The van der Waals surface area contributed by atoms with Crippen LogP contribution in [0.15, 0.2) is 89.8 Å². The molecule has 0 fully saturated rings. The molecule has 0 aliphatic rings. The first-order valence-electron chi connectivity index (χ1n) is 8.29. The summed E-state index contributed by atoms with van der Waals surface area (Å²) >= 11 is 0. The van der Waals surface area contributed by atoms with Crippen LogP contribution in [0.5, 0.6) is 0 Å². The van der Waals surface area contributed by atoms with Gasteiger partial charge in [0, 0.05) is 6.04 Å². The van der Waals surface area contributed by atoms with Crippen LogP contribution in [0, 0.1) is 13.0 Å². The Kier molecular flexibility index (Phi) is 7.34. The van der Waals surface area contributed by atoms with Crippen LogP contribution in [-0.2, 0) is 29.5 Å². The van der Waals surface area contributed by atoms with E-state index in [1.165, 1.54) is 0 Å². The second-order valence-electron chi connectivity index (χ2n) is 6.10. The van der Waals surface area contributed by atoms with E-state index in [4.69, 9.17) is 5.73 Å². The van der Waals surface area contributed by atoms with Gasteiger partial charge in [-0.05, 0) is 24.6 Å². The number of hydrogen-bond acceptors (Lipinski definition) is 3. The Morgan fingerprint density at radius 3 is 1.93 bits per heavy atom. The Morgan fingerprint density at radius 2 is 1.37 bits per heavy atom. The van der Waals surface area contributed by atoms with Crippen LogP contribution in [0.3, 0.4) is 0 Å². The molecule has 0 saturated carbocycles. The molecule has 0 heterocycles. The summed E-state index contributed by atoms with van der Waals surface area (Å²) in [6.45, 7) is 1.91. The minimum atomic E-state index is -3.73. The first-order chi connectivity index (χ1) is 12.5. The molecule has 1 atom stereocenters. The molecular weight excluding hydrogens is 445 g/mol. The Hall–Kier alpha value is -1.98. The van der Waals surface area contributed by atoms with Crippen LogP contribution in [0.1, 0.15) is 22.7 Å². The smallest absolute Gasteiger partial charge is 0.356 e. The molecule has 6 heteroatoms. The Balaban J connectivity index is 0.00000261. The summed E-state index contributed by atoms with van der Waals surface area (Å²) in [4.78, 5) is 0.213. The summed E-state index contributed by atoms with van der Waals surface area (Å²) in [6, 6.07) is 25.2. The average Bonchev–Trinajstić information content (AvgIpc) is 2.67. The topological polar surface area (TPSA) is 72.2 Å². The Bertz CT molecular complexity index is 946. The maximum absolute atomic E-state index is 12.9. The normalized spacial score (nSPS) is 12.1. The molecule has 0 aromatic heterocycles. The van der Waals surface area contributed by atoms with Crippen LogP contribution in [-0.4, -0.2) is 8.42 Å². The van der Waals surface area contributed by atoms with Gasteiger partial charge in [-0.2, -0.15) is 17.7 Å². The standard InChI is InChI=1S/C21H21N2O2S.Ru/c1-16-12-14-19(15-13-16)26(24,25)23-21(18-10-6-3-7-11-18)20(22)17-8-4-2-5-9-17;/h2-15,21,23H,22H2,1H3;/q-1;+1. The maximum Gasteiger partial charge on any atom is 1.00 e. The summed E-state index contributed by atoms with van der Waals surface area (Å²) in [5.74, 6) is 0. The Morgan fingerprint density at radius 1 is 0.852 bits per heavy atom. The minimum Gasteiger partial charge on any atom is -0.356 e. The van der Waals surface area contributed by atoms with Gasteiger partial charge in [0.15, 0.2) is 0 Å². The van der Waals surface area contributed by atoms with Crippen LogP contribution in [0.25, 0.3) is 0 Å². The van der Waals surface area contributed by atoms with Crippen LogP contribution < -0.4 is 10.5 Å². The zero-order chi connectivity index (χ0) is 18.6. The zero-order valence-electron chi connectivity index (χ0n) is 14.8. The molecule has 141 valence electrons. The molecule has 4 nitrogen and oxygen atoms in total. The van der Waals surface area contributed by atoms with Gasteiger partial charge in [0.25, 0.3) is 0 Å². The number of hydrogen-bond donors (Lipinski definition) is 2. The average molecular weight is 467 g/mol. The van der Waals surface area contributed by atoms with Crippen molar-refractivity contribution in [1.29, 1.82) is 0 Å². The maximum atomic E-state index is 12.9. The van der Waals surface area contributed by atoms with Crippen molar-refractivity contribution in [1.82, 2.24) is 4.72 Å². The predicted molar refractivity (Wildman–Crippen MR) is 104 cm³/mol. The van der Waals surface area contributed by atoms with Crippen molar-refractivity contribution >= 4 is 10.0 Å². The summed E-state index contributed by atoms with van der Waals surface area (Å²) in [5.41, 5.74) is 8.94. The second kappa shape index (κ2) is 9.29. The zero-order valence-corrected chi connectivity index (χ0v) is 17.4. The van der Waals surface area contributed by atoms with Gasteiger partial charge in [0.1, 0.15) is 0 Å². The van der Waals surface area contributed by atoms with E-state index in [9.17, 15) is 8.42 Å². The monoisotopic (exact) mass is 467 g/mol. The first-order valence-corrected chi connectivity index (χ1v) is 9.77. The molecule has 0 aliphatic carbocycles. The molecule has 0 bridgehead atoms. The summed E-state index contributed by atoms with van der Waals surface area (Å²) < 4.78 is 28.5. The molecule has 27 heavy (non-hydrogen) atoms. The third-order valence-electron chi connectivity index (χ3n) is 4.16. The van der Waals surface area contributed by atoms with E-state index in [0.29, 0.717) is 6.04 Å². The molecule has 0 aliphatic heterocycles. The van der Waals surface area contributed by atoms with E-state index in [1.54, 1.807) is 24.3 Å². The fourth-order valence-corrected chi connectivity index (χ4v) is 3.90. The number of benzene rings is 3. The molecule has 3 aromatic rings. The third kappa shape index (κ3) is 5.27. The summed E-state index contributed by atoms with van der Waals surface area (Å²) in [7, 11) is -3.73. The predicted octanol–water partition coefficient (Wildman–Crippen LogP) is 3.55. The van der Waals surface area contributed by atoms with E-state index in [1.807, 2.05) is 67.6 Å². The largest absolute Gasteiger partial charge is 1.00 e. The van der Waals surface area contributed by atoms with E-state index in [-0.39, 0.29) is 24.4 Å². The number of sulfonamides is 1. The van der Waals surface area contributed by atoms with Crippen molar-refractivity contribution in [2.24, 2.45) is 5.73 Å². The number of rotatable bonds is 6. The SMILES string of the molecule is Cc1ccc(S(=O)(=O)NC(c2ccccc2)[C-](N)c2ccccc2)cc1.[Ru+]. The van der Waals surface area contributed by atoms with Crippen molar-refractivity contribution in [2.45, 2.75) is 17.9 Å². The van der Waals surface area contributed by atoms with Crippen LogP contribution >= 0.6 is 0 Å². The summed E-state index contributed by atoms with van der Waals surface area (Å²) in [6.07, 6.45) is 0. The first kappa shape index (κ1) is 21.3. The molecule has 0 spiro atoms. The Labute approximate surface area is 173 Å². The molecule has 3 rings (SSSR count). The second-order valence-corrected chi connectivity index (χ2v) is 7.81. The number of aryl methyl sites for hydroxylation is 1. The fraction of sp³-hybridized carbons (Fsp3) is 0.0952. The molecule has 1 unspecified atom stereocenters. The van der Waals surface area contributed by atoms with Gasteiger partial charge in [0.2, 0.25) is 10.0 Å². The van der Waals surface area contributed by atoms with Crippen molar-refractivity contribution in [3.63, 3.8) is 0 Å². The van der Waals surface area contributed by atoms with Crippen molar-refractivity contribution in [3.8, 4) is 0 Å². The van der Waals surface area contributed by atoms with Crippen molar-refractivity contribution < 1.29 is 27.9 Å². The summed E-state index contributed by atoms with van der Waals surface area (Å²) in [5, 5.41) is 0. The quantitative estimate of drug-likeness (QED) is 0.431. The van der Waals surface area contributed by atoms with Gasteiger partial charge in [0.05, 0.1) is 4.90 Å². The van der Waals surface area contributed by atoms with Crippen molar-refractivity contribution in [2.75, 3.05) is 0 Å². The number of nitrogens with two attached hydrogens (primary N) is 1. The van der Waals surface area contributed by atoms with E-state index >= 15 is 0 Å². The molecule has 3 aromatic carbocycles. The molecule has 3 N–H and O–H groups in total. The fourth-order valence-electron chi connectivity index (χ4n) is 2.69. The van der Waals surface area contributed by atoms with Crippen LogP contribution in [0.2, 0.25) is 0 Å². The van der Waals surface area contributed by atoms with Gasteiger partial charge in [-0.25, -0.2) is 13.1 Å². The van der Waals surface area contributed by atoms with E-state index < -0.39 is 16.1 Å². The molecule has 1 radical (unpaired) electrons. The van der Waals surface area contributed by atoms with Crippen molar-refractivity contribution in [3.05, 3.63) is 108 Å². The van der Waals surface area contributed by atoms with E-state index in [0.717, 1.165) is 16.7 Å². The molecule has 0 saturated heterocycles. The minimum absolute atomic E-state index is 0. The van der Waals surface area contributed by atoms with Gasteiger partial charge in [-0.1, -0.05) is 60.1 Å². The third-order valence-corrected chi connectivity index (χ3v) is 5.59. The van der Waals surface area contributed by atoms with Crippen LogP contribution in [0.4, 0.5) is 0 Å². The van der Waals surface area contributed by atoms with Gasteiger partial charge in [-0.3, -0.25) is 0 Å². The van der Waals surface area contributed by atoms with E-state index in [2.05, 4.69) is 4.72 Å². The molecular formula is C21H21N2O2RuS. The number of nitrogens with one attached hydrogen (secondary N) is 1. The van der Waals surface area contributed by atoms with Gasteiger partial charge < -0.3 is 5.73 Å². The molecule has 0 amide bonds.